The predicted molar refractivity (Wildman–Crippen MR) is 110 cm³/mol. The normalized spacial score (nSPS) is 16.6. The topological polar surface area (TPSA) is 119 Å². The number of para-hydroxylation sites is 1. The average molecular weight is 428 g/mol. The van der Waals surface area contributed by atoms with E-state index in [1.807, 2.05) is 0 Å². The first-order chi connectivity index (χ1) is 14.4. The van der Waals surface area contributed by atoms with E-state index >= 15 is 0 Å². The van der Waals surface area contributed by atoms with Crippen LogP contribution in [0.5, 0.6) is 0 Å². The molecule has 156 valence electrons. The summed E-state index contributed by atoms with van der Waals surface area (Å²) in [6, 6.07) is 12.3. The molecule has 1 atom stereocenters. The molecule has 4 rings (SSSR count). The SMILES string of the molecule is O=C(Nn1cnc2ccccc2c1=O)c1ccc(S(=O)(=O)NC[C@H]2CCCO2)cc1. The number of sulfonamides is 1. The zero-order chi connectivity index (χ0) is 21.1. The molecule has 1 aromatic heterocycles. The monoisotopic (exact) mass is 428 g/mol. The lowest BCUT2D eigenvalue weighted by molar-refractivity contribution is 0.101. The van der Waals surface area contributed by atoms with Gasteiger partial charge in [-0.2, -0.15) is 0 Å². The minimum absolute atomic E-state index is 0.0431. The number of carbonyl (C=O) groups is 1. The number of rotatable bonds is 6. The van der Waals surface area contributed by atoms with Gasteiger partial charge in [0.25, 0.3) is 11.5 Å². The summed E-state index contributed by atoms with van der Waals surface area (Å²) in [5.74, 6) is -0.564. The molecule has 2 aromatic carbocycles. The van der Waals surface area contributed by atoms with E-state index in [4.69, 9.17) is 4.74 Å². The van der Waals surface area contributed by atoms with Gasteiger partial charge in [-0.15, -0.1) is 0 Å². The molecule has 0 unspecified atom stereocenters. The van der Waals surface area contributed by atoms with Gasteiger partial charge in [0, 0.05) is 18.7 Å². The van der Waals surface area contributed by atoms with Gasteiger partial charge in [0.2, 0.25) is 10.0 Å². The zero-order valence-corrected chi connectivity index (χ0v) is 16.8. The maximum atomic E-state index is 12.5. The lowest BCUT2D eigenvalue weighted by atomic mass is 10.2. The number of nitrogens with one attached hydrogen (secondary N) is 2. The van der Waals surface area contributed by atoms with E-state index in [0.29, 0.717) is 17.5 Å². The van der Waals surface area contributed by atoms with Gasteiger partial charge in [0.05, 0.1) is 21.9 Å². The van der Waals surface area contributed by atoms with Crippen molar-refractivity contribution in [1.29, 1.82) is 0 Å². The molecule has 9 nitrogen and oxygen atoms in total. The molecule has 0 spiro atoms. The van der Waals surface area contributed by atoms with Gasteiger partial charge in [-0.1, -0.05) is 12.1 Å². The smallest absolute Gasteiger partial charge is 0.280 e. The fraction of sp³-hybridized carbons (Fsp3) is 0.250. The maximum Gasteiger partial charge on any atom is 0.280 e. The molecule has 1 aliphatic heterocycles. The lowest BCUT2D eigenvalue weighted by Crippen LogP contribution is -2.33. The Balaban J connectivity index is 1.46. The molecule has 10 heteroatoms. The summed E-state index contributed by atoms with van der Waals surface area (Å²) in [6.07, 6.45) is 2.87. The van der Waals surface area contributed by atoms with Gasteiger partial charge >= 0.3 is 0 Å². The van der Waals surface area contributed by atoms with Crippen molar-refractivity contribution in [1.82, 2.24) is 14.4 Å². The van der Waals surface area contributed by atoms with Crippen molar-refractivity contribution in [3.8, 4) is 0 Å². The van der Waals surface area contributed by atoms with Crippen molar-refractivity contribution in [2.24, 2.45) is 0 Å². The van der Waals surface area contributed by atoms with Crippen LogP contribution in [0, 0.1) is 0 Å². The highest BCUT2D eigenvalue weighted by Gasteiger charge is 2.20. The van der Waals surface area contributed by atoms with Crippen LogP contribution in [-0.2, 0) is 14.8 Å². The third kappa shape index (κ3) is 4.25. The number of hydrogen-bond donors (Lipinski definition) is 2. The van der Waals surface area contributed by atoms with Crippen molar-refractivity contribution in [3.63, 3.8) is 0 Å². The van der Waals surface area contributed by atoms with Crippen LogP contribution in [0.1, 0.15) is 23.2 Å². The number of fused-ring (bicyclic) bond motifs is 1. The number of hydrogen-bond acceptors (Lipinski definition) is 6. The van der Waals surface area contributed by atoms with Gasteiger partial charge in [0.1, 0.15) is 6.33 Å². The van der Waals surface area contributed by atoms with Crippen LogP contribution in [0.3, 0.4) is 0 Å². The molecule has 1 aliphatic rings. The highest BCUT2D eigenvalue weighted by atomic mass is 32.2. The first-order valence-electron chi connectivity index (χ1n) is 9.43. The second-order valence-electron chi connectivity index (χ2n) is 6.89. The Morgan fingerprint density at radius 2 is 1.93 bits per heavy atom. The van der Waals surface area contributed by atoms with Crippen LogP contribution in [-0.4, -0.2) is 43.2 Å². The summed E-state index contributed by atoms with van der Waals surface area (Å²) in [6.45, 7) is 0.856. The highest BCUT2D eigenvalue weighted by molar-refractivity contribution is 7.89. The third-order valence-electron chi connectivity index (χ3n) is 4.84. The second-order valence-corrected chi connectivity index (χ2v) is 8.66. The Kier molecular flexibility index (Phi) is 5.62. The fourth-order valence-electron chi connectivity index (χ4n) is 3.20. The zero-order valence-electron chi connectivity index (χ0n) is 15.9. The molecule has 0 bridgehead atoms. The predicted octanol–water partition coefficient (Wildman–Crippen LogP) is 1.24. The van der Waals surface area contributed by atoms with E-state index in [1.54, 1.807) is 24.3 Å². The molecule has 1 fully saturated rings. The van der Waals surface area contributed by atoms with Crippen LogP contribution < -0.4 is 15.7 Å². The van der Waals surface area contributed by atoms with Crippen LogP contribution in [0.4, 0.5) is 0 Å². The van der Waals surface area contributed by atoms with Gasteiger partial charge in [-0.25, -0.2) is 22.8 Å². The minimum atomic E-state index is -3.71. The quantitative estimate of drug-likeness (QED) is 0.610. The Hall–Kier alpha value is -3.08. The van der Waals surface area contributed by atoms with Gasteiger partial charge in [-0.3, -0.25) is 15.0 Å². The maximum absolute atomic E-state index is 12.5. The summed E-state index contributed by atoms with van der Waals surface area (Å²) < 4.78 is 33.8. The largest absolute Gasteiger partial charge is 0.377 e. The minimum Gasteiger partial charge on any atom is -0.377 e. The molecular formula is C20H20N4O5S. The van der Waals surface area contributed by atoms with Crippen LogP contribution in [0.25, 0.3) is 10.9 Å². The van der Waals surface area contributed by atoms with E-state index in [-0.39, 0.29) is 23.1 Å². The van der Waals surface area contributed by atoms with E-state index in [9.17, 15) is 18.0 Å². The van der Waals surface area contributed by atoms with Crippen molar-refractivity contribution in [3.05, 3.63) is 70.8 Å². The standard InChI is InChI=1S/C20H20N4O5S/c25-19(23-24-13-21-18-6-2-1-5-17(18)20(24)26)14-7-9-16(10-8-14)30(27,28)22-12-15-4-3-11-29-15/h1-2,5-10,13,15,22H,3-4,11-12H2,(H,23,25)/t15-/m1/s1. The van der Waals surface area contributed by atoms with E-state index in [0.717, 1.165) is 17.5 Å². The van der Waals surface area contributed by atoms with Gasteiger partial charge in [0.15, 0.2) is 0 Å². The van der Waals surface area contributed by atoms with Crippen LogP contribution >= 0.6 is 0 Å². The van der Waals surface area contributed by atoms with Crippen molar-refractivity contribution in [2.45, 2.75) is 23.8 Å². The summed E-state index contributed by atoms with van der Waals surface area (Å²) >= 11 is 0. The van der Waals surface area contributed by atoms with Crippen LogP contribution in [0.2, 0.25) is 0 Å². The Labute approximate surface area is 172 Å². The molecule has 3 aromatic rings. The third-order valence-corrected chi connectivity index (χ3v) is 6.28. The lowest BCUT2D eigenvalue weighted by Gasteiger charge is -2.12. The summed E-state index contributed by atoms with van der Waals surface area (Å²) in [5, 5.41) is 0.374. The molecule has 2 heterocycles. The Bertz CT molecular complexity index is 1230. The molecular weight excluding hydrogens is 408 g/mol. The number of benzene rings is 2. The molecule has 2 N–H and O–H groups in total. The number of nitrogens with zero attached hydrogens (tertiary/aromatic N) is 2. The van der Waals surface area contributed by atoms with E-state index in [2.05, 4.69) is 15.1 Å². The average Bonchev–Trinajstić information content (AvgIpc) is 3.28. The molecule has 1 amide bonds. The van der Waals surface area contributed by atoms with Gasteiger partial charge < -0.3 is 4.74 Å². The first kappa shape index (κ1) is 20.2. The fourth-order valence-corrected chi connectivity index (χ4v) is 4.27. The number of amides is 1. The van der Waals surface area contributed by atoms with Crippen molar-refractivity contribution < 1.29 is 17.9 Å². The van der Waals surface area contributed by atoms with Crippen LogP contribution in [0.15, 0.2) is 64.5 Å². The molecule has 0 aliphatic carbocycles. The number of aromatic nitrogens is 2. The van der Waals surface area contributed by atoms with Crippen molar-refractivity contribution >= 4 is 26.8 Å². The molecule has 1 saturated heterocycles. The molecule has 0 radical (unpaired) electrons. The molecule has 30 heavy (non-hydrogen) atoms. The van der Waals surface area contributed by atoms with Gasteiger partial charge in [-0.05, 0) is 49.2 Å². The summed E-state index contributed by atoms with van der Waals surface area (Å²) in [4.78, 5) is 29.1. The Morgan fingerprint density at radius 1 is 1.17 bits per heavy atom. The highest BCUT2D eigenvalue weighted by Crippen LogP contribution is 2.14. The number of ether oxygens (including phenoxy) is 1. The second kappa shape index (κ2) is 8.34. The molecule has 0 saturated carbocycles. The number of carbonyl (C=O) groups excluding carboxylic acids is 1. The van der Waals surface area contributed by atoms with Crippen molar-refractivity contribution in [2.75, 3.05) is 18.6 Å². The summed E-state index contributed by atoms with van der Waals surface area (Å²) in [5.41, 5.74) is 2.78. The van der Waals surface area contributed by atoms with E-state index < -0.39 is 21.5 Å². The first-order valence-corrected chi connectivity index (χ1v) is 10.9. The van der Waals surface area contributed by atoms with E-state index in [1.165, 1.54) is 30.6 Å². The summed E-state index contributed by atoms with van der Waals surface area (Å²) in [7, 11) is -3.71. The Morgan fingerprint density at radius 3 is 2.67 bits per heavy atom.